The molecule has 2 heterocycles. The minimum absolute atomic E-state index is 0.186. The van der Waals surface area contributed by atoms with Crippen molar-refractivity contribution in [1.29, 1.82) is 0 Å². The Labute approximate surface area is 139 Å². The highest BCUT2D eigenvalue weighted by Crippen LogP contribution is 2.14. The highest BCUT2D eigenvalue weighted by Gasteiger charge is 2.14. The molecule has 0 fully saturated rings. The second-order valence-electron chi connectivity index (χ2n) is 5.18. The van der Waals surface area contributed by atoms with E-state index in [1.54, 1.807) is 23.3 Å². The molecule has 0 unspecified atom stereocenters. The van der Waals surface area contributed by atoms with Crippen LogP contribution in [-0.2, 0) is 11.3 Å². The molecule has 6 nitrogen and oxygen atoms in total. The number of hydrogen-bond donors (Lipinski definition) is 1. The summed E-state index contributed by atoms with van der Waals surface area (Å²) in [6.07, 6.45) is 7.97. The fourth-order valence-electron chi connectivity index (χ4n) is 2.29. The fourth-order valence-corrected chi connectivity index (χ4v) is 2.29. The highest BCUT2D eigenvalue weighted by molar-refractivity contribution is 5.91. The minimum Gasteiger partial charge on any atom is -0.344 e. The standard InChI is InChI=1S/C18H17N5O/c24-18(10-9-16-8-4-5-11-20-16)22-17(12-23-14-19-13-21-23)15-6-2-1-3-7-15/h1-11,13-14,17H,12H2,(H,22,24)/b10-9-/t17-/m0/s1. The van der Waals surface area contributed by atoms with Crippen molar-refractivity contribution in [1.82, 2.24) is 25.1 Å². The van der Waals surface area contributed by atoms with Crippen molar-refractivity contribution in [2.45, 2.75) is 12.6 Å². The molecule has 0 aliphatic heterocycles. The fraction of sp³-hybridized carbons (Fsp3) is 0.111. The Morgan fingerprint density at radius 1 is 1.17 bits per heavy atom. The lowest BCUT2D eigenvalue weighted by molar-refractivity contribution is -0.117. The van der Waals surface area contributed by atoms with Crippen LogP contribution in [0.4, 0.5) is 0 Å². The molecule has 1 N–H and O–H groups in total. The van der Waals surface area contributed by atoms with Gasteiger partial charge in [0.25, 0.3) is 0 Å². The van der Waals surface area contributed by atoms with Crippen LogP contribution in [0.2, 0.25) is 0 Å². The van der Waals surface area contributed by atoms with Crippen LogP contribution in [0.1, 0.15) is 17.3 Å². The number of carbonyl (C=O) groups excluding carboxylic acids is 1. The number of amides is 1. The second kappa shape index (κ2) is 7.82. The van der Waals surface area contributed by atoms with E-state index in [1.165, 1.54) is 12.4 Å². The Kier molecular flexibility index (Phi) is 5.09. The predicted octanol–water partition coefficient (Wildman–Crippen LogP) is 2.24. The van der Waals surface area contributed by atoms with E-state index in [-0.39, 0.29) is 11.9 Å². The highest BCUT2D eigenvalue weighted by atomic mass is 16.1. The van der Waals surface area contributed by atoms with Crippen LogP contribution in [0.3, 0.4) is 0 Å². The largest absolute Gasteiger partial charge is 0.344 e. The molecule has 0 bridgehead atoms. The van der Waals surface area contributed by atoms with Gasteiger partial charge in [-0.25, -0.2) is 4.98 Å². The van der Waals surface area contributed by atoms with Gasteiger partial charge in [0.05, 0.1) is 18.3 Å². The van der Waals surface area contributed by atoms with Crippen molar-refractivity contribution in [2.75, 3.05) is 0 Å². The summed E-state index contributed by atoms with van der Waals surface area (Å²) in [7, 11) is 0. The molecule has 0 saturated carbocycles. The van der Waals surface area contributed by atoms with Gasteiger partial charge in [-0.2, -0.15) is 5.10 Å². The first-order valence-electron chi connectivity index (χ1n) is 7.58. The zero-order valence-corrected chi connectivity index (χ0v) is 13.0. The molecule has 0 aliphatic carbocycles. The van der Waals surface area contributed by atoms with E-state index in [4.69, 9.17) is 0 Å². The molecule has 1 atom stereocenters. The summed E-state index contributed by atoms with van der Waals surface area (Å²) in [5, 5.41) is 7.11. The first-order valence-corrected chi connectivity index (χ1v) is 7.58. The van der Waals surface area contributed by atoms with Crippen LogP contribution >= 0.6 is 0 Å². The van der Waals surface area contributed by atoms with Gasteiger partial charge in [-0.3, -0.25) is 14.5 Å². The van der Waals surface area contributed by atoms with Crippen molar-refractivity contribution < 1.29 is 4.79 Å². The average molecular weight is 319 g/mol. The summed E-state index contributed by atoms with van der Waals surface area (Å²) >= 11 is 0. The number of nitrogens with one attached hydrogen (secondary N) is 1. The van der Waals surface area contributed by atoms with Crippen LogP contribution in [0, 0.1) is 0 Å². The van der Waals surface area contributed by atoms with Gasteiger partial charge in [0.2, 0.25) is 5.91 Å². The molecule has 0 saturated heterocycles. The van der Waals surface area contributed by atoms with Crippen LogP contribution in [0.5, 0.6) is 0 Å². The molecule has 3 rings (SSSR count). The number of benzene rings is 1. The Morgan fingerprint density at radius 2 is 2.00 bits per heavy atom. The lowest BCUT2D eigenvalue weighted by atomic mass is 10.1. The van der Waals surface area contributed by atoms with E-state index in [2.05, 4.69) is 20.4 Å². The predicted molar refractivity (Wildman–Crippen MR) is 90.6 cm³/mol. The first kappa shape index (κ1) is 15.6. The van der Waals surface area contributed by atoms with Gasteiger partial charge in [0.1, 0.15) is 12.7 Å². The van der Waals surface area contributed by atoms with E-state index in [0.717, 1.165) is 11.3 Å². The quantitative estimate of drug-likeness (QED) is 0.707. The lowest BCUT2D eigenvalue weighted by Crippen LogP contribution is -2.30. The Morgan fingerprint density at radius 3 is 2.71 bits per heavy atom. The summed E-state index contributed by atoms with van der Waals surface area (Å²) in [6.45, 7) is 0.507. The minimum atomic E-state index is -0.200. The molecule has 2 aromatic heterocycles. The van der Waals surface area contributed by atoms with Gasteiger partial charge in [0.15, 0.2) is 0 Å². The Hall–Kier alpha value is -3.28. The van der Waals surface area contributed by atoms with E-state index >= 15 is 0 Å². The SMILES string of the molecule is O=C(/C=C\c1ccccn1)N[C@@H](Cn1cncn1)c1ccccc1. The second-order valence-corrected chi connectivity index (χ2v) is 5.18. The molecule has 3 aromatic rings. The van der Waals surface area contributed by atoms with Gasteiger partial charge < -0.3 is 5.32 Å². The summed E-state index contributed by atoms with van der Waals surface area (Å²) in [4.78, 5) is 20.4. The third kappa shape index (κ3) is 4.36. The molecular weight excluding hydrogens is 302 g/mol. The maximum Gasteiger partial charge on any atom is 0.244 e. The molecule has 24 heavy (non-hydrogen) atoms. The zero-order valence-electron chi connectivity index (χ0n) is 13.0. The molecule has 120 valence electrons. The van der Waals surface area contributed by atoms with E-state index in [0.29, 0.717) is 6.54 Å². The maximum absolute atomic E-state index is 12.3. The maximum atomic E-state index is 12.3. The number of nitrogens with zero attached hydrogens (tertiary/aromatic N) is 4. The molecule has 1 aromatic carbocycles. The van der Waals surface area contributed by atoms with Crippen LogP contribution in [-0.4, -0.2) is 25.7 Å². The van der Waals surface area contributed by atoms with Crippen molar-refractivity contribution in [2.24, 2.45) is 0 Å². The molecule has 0 aliphatic rings. The summed E-state index contributed by atoms with van der Waals surface area (Å²) < 4.78 is 1.69. The number of rotatable bonds is 6. The first-order chi connectivity index (χ1) is 11.8. The van der Waals surface area contributed by atoms with Crippen molar-refractivity contribution in [3.05, 3.63) is 84.7 Å². The molecule has 1 amide bonds. The van der Waals surface area contributed by atoms with Crippen LogP contribution in [0.25, 0.3) is 6.08 Å². The van der Waals surface area contributed by atoms with Gasteiger partial charge in [-0.1, -0.05) is 36.4 Å². The van der Waals surface area contributed by atoms with E-state index < -0.39 is 0 Å². The third-order valence-electron chi connectivity index (χ3n) is 3.45. The topological polar surface area (TPSA) is 72.7 Å². The smallest absolute Gasteiger partial charge is 0.244 e. The van der Waals surface area contributed by atoms with Crippen LogP contribution < -0.4 is 5.32 Å². The van der Waals surface area contributed by atoms with Gasteiger partial charge >= 0.3 is 0 Å². The number of carbonyl (C=O) groups is 1. The number of aromatic nitrogens is 4. The average Bonchev–Trinajstić information content (AvgIpc) is 3.14. The van der Waals surface area contributed by atoms with Crippen LogP contribution in [0.15, 0.2) is 73.5 Å². The molecule has 0 spiro atoms. The summed E-state index contributed by atoms with van der Waals surface area (Å²) in [5.41, 5.74) is 1.74. The van der Waals surface area contributed by atoms with Crippen molar-refractivity contribution in [3.63, 3.8) is 0 Å². The normalized spacial score (nSPS) is 12.2. The summed E-state index contributed by atoms with van der Waals surface area (Å²) in [5.74, 6) is -0.186. The monoisotopic (exact) mass is 319 g/mol. The molecule has 0 radical (unpaired) electrons. The lowest BCUT2D eigenvalue weighted by Gasteiger charge is -2.18. The Balaban J connectivity index is 1.71. The third-order valence-corrected chi connectivity index (χ3v) is 3.45. The summed E-state index contributed by atoms with van der Waals surface area (Å²) in [6, 6.07) is 15.1. The molecule has 6 heteroatoms. The Bertz CT molecular complexity index is 785. The van der Waals surface area contributed by atoms with E-state index in [1.807, 2.05) is 48.5 Å². The number of hydrogen-bond acceptors (Lipinski definition) is 4. The van der Waals surface area contributed by atoms with Crippen molar-refractivity contribution >= 4 is 12.0 Å². The number of pyridine rings is 1. The van der Waals surface area contributed by atoms with Gasteiger partial charge in [-0.05, 0) is 23.8 Å². The van der Waals surface area contributed by atoms with Crippen molar-refractivity contribution in [3.8, 4) is 0 Å². The zero-order chi connectivity index (χ0) is 16.6. The van der Waals surface area contributed by atoms with Gasteiger partial charge in [-0.15, -0.1) is 0 Å². The van der Waals surface area contributed by atoms with E-state index in [9.17, 15) is 4.79 Å². The molecular formula is C18H17N5O. The van der Waals surface area contributed by atoms with Gasteiger partial charge in [0, 0.05) is 12.3 Å².